The topological polar surface area (TPSA) is 70.7 Å². The van der Waals surface area contributed by atoms with Crippen LogP contribution in [0.15, 0.2) is 18.2 Å². The molecule has 6 nitrogen and oxygen atoms in total. The number of aryl methyl sites for hydroxylation is 1. The van der Waals surface area contributed by atoms with Gasteiger partial charge >= 0.3 is 11.8 Å². The maximum atomic E-state index is 13.1. The Morgan fingerprint density at radius 3 is 2.73 bits per heavy atom. The maximum absolute atomic E-state index is 13.1. The van der Waals surface area contributed by atoms with Crippen LogP contribution in [0, 0.1) is 12.7 Å². The number of amides is 2. The SMILES string of the molecule is Cc1ccc(F)cc1NC(=O)C(=O)NCCN1CCOCC1. The van der Waals surface area contributed by atoms with Crippen LogP contribution in [0.1, 0.15) is 5.56 Å². The van der Waals surface area contributed by atoms with Crippen LogP contribution in [0.5, 0.6) is 0 Å². The van der Waals surface area contributed by atoms with Crippen molar-refractivity contribution < 1.29 is 18.7 Å². The summed E-state index contributed by atoms with van der Waals surface area (Å²) in [5, 5.41) is 4.97. The standard InChI is InChI=1S/C15H20FN3O3/c1-11-2-3-12(16)10-13(11)18-15(21)14(20)17-4-5-19-6-8-22-9-7-19/h2-3,10H,4-9H2,1H3,(H,17,20)(H,18,21). The van der Waals surface area contributed by atoms with E-state index < -0.39 is 17.6 Å². The van der Waals surface area contributed by atoms with Gasteiger partial charge in [-0.1, -0.05) is 6.07 Å². The third-order valence-electron chi connectivity index (χ3n) is 3.47. The minimum Gasteiger partial charge on any atom is -0.379 e. The van der Waals surface area contributed by atoms with Crippen molar-refractivity contribution in [1.82, 2.24) is 10.2 Å². The predicted molar refractivity (Wildman–Crippen MR) is 80.0 cm³/mol. The number of carbonyl (C=O) groups excluding carboxylic acids is 2. The molecule has 7 heteroatoms. The van der Waals surface area contributed by atoms with Crippen molar-refractivity contribution in [2.75, 3.05) is 44.7 Å². The molecule has 0 saturated carbocycles. The first kappa shape index (κ1) is 16.4. The summed E-state index contributed by atoms with van der Waals surface area (Å²) in [6.07, 6.45) is 0. The Hall–Kier alpha value is -1.99. The number of ether oxygens (including phenoxy) is 1. The summed E-state index contributed by atoms with van der Waals surface area (Å²) in [5.41, 5.74) is 0.990. The number of halogens is 1. The fourth-order valence-electron chi connectivity index (χ4n) is 2.14. The minimum atomic E-state index is -0.796. The number of hydrogen-bond acceptors (Lipinski definition) is 4. The molecule has 0 unspecified atom stereocenters. The number of anilines is 1. The predicted octanol–water partition coefficient (Wildman–Crippen LogP) is 0.521. The van der Waals surface area contributed by atoms with Gasteiger partial charge in [0.1, 0.15) is 5.82 Å². The highest BCUT2D eigenvalue weighted by molar-refractivity contribution is 6.39. The summed E-state index contributed by atoms with van der Waals surface area (Å²) in [4.78, 5) is 25.7. The van der Waals surface area contributed by atoms with Gasteiger partial charge in [0.25, 0.3) is 0 Å². The lowest BCUT2D eigenvalue weighted by Gasteiger charge is -2.26. The molecule has 1 saturated heterocycles. The van der Waals surface area contributed by atoms with E-state index in [1.807, 2.05) is 0 Å². The number of nitrogens with zero attached hydrogens (tertiary/aromatic N) is 1. The van der Waals surface area contributed by atoms with Crippen molar-refractivity contribution in [1.29, 1.82) is 0 Å². The van der Waals surface area contributed by atoms with E-state index in [0.29, 0.717) is 37.6 Å². The molecule has 0 aromatic heterocycles. The van der Waals surface area contributed by atoms with E-state index in [-0.39, 0.29) is 0 Å². The summed E-state index contributed by atoms with van der Waals surface area (Å²) in [7, 11) is 0. The van der Waals surface area contributed by atoms with Crippen LogP contribution in [-0.4, -0.2) is 56.1 Å². The number of carbonyl (C=O) groups is 2. The Balaban J connectivity index is 1.76. The van der Waals surface area contributed by atoms with Gasteiger partial charge in [-0.3, -0.25) is 14.5 Å². The van der Waals surface area contributed by atoms with Gasteiger partial charge in [0.15, 0.2) is 0 Å². The fourth-order valence-corrected chi connectivity index (χ4v) is 2.14. The van der Waals surface area contributed by atoms with Gasteiger partial charge in [-0.15, -0.1) is 0 Å². The van der Waals surface area contributed by atoms with Gasteiger partial charge in [-0.05, 0) is 24.6 Å². The van der Waals surface area contributed by atoms with Gasteiger partial charge in [-0.2, -0.15) is 0 Å². The Morgan fingerprint density at radius 2 is 2.00 bits per heavy atom. The van der Waals surface area contributed by atoms with Crippen molar-refractivity contribution >= 4 is 17.5 Å². The minimum absolute atomic E-state index is 0.299. The highest BCUT2D eigenvalue weighted by Gasteiger charge is 2.16. The summed E-state index contributed by atoms with van der Waals surface area (Å²) in [6.45, 7) is 5.80. The van der Waals surface area contributed by atoms with E-state index in [0.717, 1.165) is 13.1 Å². The quantitative estimate of drug-likeness (QED) is 0.796. The molecule has 2 rings (SSSR count). The molecule has 1 aromatic carbocycles. The number of morpholine rings is 1. The molecule has 0 aliphatic carbocycles. The smallest absolute Gasteiger partial charge is 0.313 e. The molecule has 2 amide bonds. The van der Waals surface area contributed by atoms with Crippen molar-refractivity contribution in [3.63, 3.8) is 0 Å². The third-order valence-corrected chi connectivity index (χ3v) is 3.47. The molecule has 1 aliphatic rings. The molecule has 1 heterocycles. The average molecular weight is 309 g/mol. The highest BCUT2D eigenvalue weighted by Crippen LogP contribution is 2.15. The van der Waals surface area contributed by atoms with Crippen molar-refractivity contribution in [3.8, 4) is 0 Å². The lowest BCUT2D eigenvalue weighted by Crippen LogP contribution is -2.43. The molecule has 1 fully saturated rings. The van der Waals surface area contributed by atoms with Crippen molar-refractivity contribution in [2.45, 2.75) is 6.92 Å². The van der Waals surface area contributed by atoms with Crippen LogP contribution >= 0.6 is 0 Å². The molecule has 0 bridgehead atoms. The van der Waals surface area contributed by atoms with E-state index in [9.17, 15) is 14.0 Å². The van der Waals surface area contributed by atoms with Gasteiger partial charge in [0.05, 0.1) is 13.2 Å². The second kappa shape index (κ2) is 7.86. The summed E-state index contributed by atoms with van der Waals surface area (Å²) < 4.78 is 18.4. The monoisotopic (exact) mass is 309 g/mol. The number of benzene rings is 1. The van der Waals surface area contributed by atoms with E-state index in [4.69, 9.17) is 4.74 Å². The first-order chi connectivity index (χ1) is 10.6. The first-order valence-electron chi connectivity index (χ1n) is 7.21. The molecule has 1 aliphatic heterocycles. The average Bonchev–Trinajstić information content (AvgIpc) is 2.52. The van der Waals surface area contributed by atoms with Gasteiger partial charge in [0.2, 0.25) is 0 Å². The largest absolute Gasteiger partial charge is 0.379 e. The Morgan fingerprint density at radius 1 is 1.27 bits per heavy atom. The second-order valence-corrected chi connectivity index (χ2v) is 5.12. The van der Waals surface area contributed by atoms with Crippen LogP contribution in [0.25, 0.3) is 0 Å². The zero-order valence-corrected chi connectivity index (χ0v) is 12.5. The lowest BCUT2D eigenvalue weighted by molar-refractivity contribution is -0.136. The normalized spacial score (nSPS) is 15.4. The van der Waals surface area contributed by atoms with Crippen LogP contribution in [0.4, 0.5) is 10.1 Å². The van der Waals surface area contributed by atoms with Gasteiger partial charge in [-0.25, -0.2) is 4.39 Å². The number of nitrogens with one attached hydrogen (secondary N) is 2. The molecule has 2 N–H and O–H groups in total. The van der Waals surface area contributed by atoms with E-state index in [1.54, 1.807) is 13.0 Å². The number of hydrogen-bond donors (Lipinski definition) is 2. The van der Waals surface area contributed by atoms with Crippen molar-refractivity contribution in [2.24, 2.45) is 0 Å². The van der Waals surface area contributed by atoms with Crippen LogP contribution in [-0.2, 0) is 14.3 Å². The molecule has 0 spiro atoms. The van der Waals surface area contributed by atoms with E-state index in [1.165, 1.54) is 12.1 Å². The van der Waals surface area contributed by atoms with Crippen LogP contribution in [0.3, 0.4) is 0 Å². The molecule has 120 valence electrons. The first-order valence-corrected chi connectivity index (χ1v) is 7.21. The zero-order valence-electron chi connectivity index (χ0n) is 12.5. The summed E-state index contributed by atoms with van der Waals surface area (Å²) in [5.74, 6) is -1.98. The Labute approximate surface area is 128 Å². The summed E-state index contributed by atoms with van der Waals surface area (Å²) >= 11 is 0. The van der Waals surface area contributed by atoms with E-state index >= 15 is 0 Å². The Kier molecular flexibility index (Phi) is 5.85. The zero-order chi connectivity index (χ0) is 15.9. The fraction of sp³-hybridized carbons (Fsp3) is 0.467. The van der Waals surface area contributed by atoms with Crippen LogP contribution < -0.4 is 10.6 Å². The number of rotatable bonds is 4. The molecule has 0 atom stereocenters. The van der Waals surface area contributed by atoms with Gasteiger partial charge < -0.3 is 15.4 Å². The molecule has 22 heavy (non-hydrogen) atoms. The summed E-state index contributed by atoms with van der Waals surface area (Å²) in [6, 6.07) is 4.03. The molecule has 1 aromatic rings. The Bertz CT molecular complexity index is 545. The maximum Gasteiger partial charge on any atom is 0.313 e. The molecular formula is C15H20FN3O3. The lowest BCUT2D eigenvalue weighted by atomic mass is 10.2. The van der Waals surface area contributed by atoms with Gasteiger partial charge in [0, 0.05) is 31.9 Å². The van der Waals surface area contributed by atoms with Crippen molar-refractivity contribution in [3.05, 3.63) is 29.6 Å². The van der Waals surface area contributed by atoms with E-state index in [2.05, 4.69) is 15.5 Å². The molecular weight excluding hydrogens is 289 g/mol. The second-order valence-electron chi connectivity index (χ2n) is 5.12. The van der Waals surface area contributed by atoms with Crippen LogP contribution in [0.2, 0.25) is 0 Å². The third kappa shape index (κ3) is 4.78. The molecule has 0 radical (unpaired) electrons. The highest BCUT2D eigenvalue weighted by atomic mass is 19.1.